The fourth-order valence-electron chi connectivity index (χ4n) is 4.45. The molecule has 0 spiro atoms. The summed E-state index contributed by atoms with van der Waals surface area (Å²) in [6, 6.07) is 26.2. The van der Waals surface area contributed by atoms with Crippen molar-refractivity contribution < 1.29 is 33.3 Å². The van der Waals surface area contributed by atoms with Crippen molar-refractivity contribution >= 4 is 46.9 Å². The van der Waals surface area contributed by atoms with Gasteiger partial charge in [0.05, 0.1) is 38.9 Å². The number of benzene rings is 4. The average Bonchev–Trinajstić information content (AvgIpc) is 3.09. The second-order valence-corrected chi connectivity index (χ2v) is 11.4. The zero-order chi connectivity index (χ0) is 33.8. The van der Waals surface area contributed by atoms with E-state index >= 15 is 0 Å². The molecule has 0 radical (unpaired) electrons. The van der Waals surface area contributed by atoms with Crippen molar-refractivity contribution in [2.24, 2.45) is 0 Å². The van der Waals surface area contributed by atoms with Gasteiger partial charge < -0.3 is 34.9 Å². The van der Waals surface area contributed by atoms with Crippen LogP contribution < -0.4 is 34.9 Å². The molecule has 4 aromatic carbocycles. The van der Waals surface area contributed by atoms with Gasteiger partial charge in [-0.25, -0.2) is 0 Å². The zero-order valence-corrected chi connectivity index (χ0v) is 27.6. The van der Waals surface area contributed by atoms with Crippen molar-refractivity contribution in [3.63, 3.8) is 0 Å². The van der Waals surface area contributed by atoms with Crippen LogP contribution in [0.2, 0.25) is 0 Å². The molecule has 0 aliphatic rings. The minimum atomic E-state index is -0.577. The number of thioether (sulfide) groups is 1. The van der Waals surface area contributed by atoms with Crippen molar-refractivity contribution in [2.75, 3.05) is 38.6 Å². The summed E-state index contributed by atoms with van der Waals surface area (Å²) in [5.41, 5.74) is 1.87. The van der Waals surface area contributed by atoms with E-state index in [0.29, 0.717) is 52.1 Å². The van der Waals surface area contributed by atoms with Crippen LogP contribution in [0.5, 0.6) is 23.0 Å². The van der Waals surface area contributed by atoms with E-state index in [1.807, 2.05) is 25.1 Å². The van der Waals surface area contributed by atoms with E-state index in [0.717, 1.165) is 4.90 Å². The molecule has 0 heterocycles. The smallest absolute Gasteiger partial charge is 0.272 e. The first-order valence-corrected chi connectivity index (χ1v) is 15.6. The van der Waals surface area contributed by atoms with Crippen molar-refractivity contribution in [2.45, 2.75) is 24.0 Å². The first-order chi connectivity index (χ1) is 22.8. The second-order valence-electron chi connectivity index (χ2n) is 9.99. The molecular formula is C36H37N3O7S. The lowest BCUT2D eigenvalue weighted by Gasteiger charge is -2.16. The van der Waals surface area contributed by atoms with Gasteiger partial charge in [0.1, 0.15) is 17.2 Å². The third-order valence-electron chi connectivity index (χ3n) is 6.78. The van der Waals surface area contributed by atoms with E-state index in [9.17, 15) is 14.4 Å². The summed E-state index contributed by atoms with van der Waals surface area (Å²) in [5.74, 6) is 0.604. The summed E-state index contributed by atoms with van der Waals surface area (Å²) >= 11 is 1.33. The number of ether oxygens (including phenoxy) is 4. The van der Waals surface area contributed by atoms with Crippen LogP contribution in [0.1, 0.15) is 29.8 Å². The Morgan fingerprint density at radius 3 is 2.15 bits per heavy atom. The molecule has 0 aromatic heterocycles. The van der Waals surface area contributed by atoms with Crippen LogP contribution in [0.15, 0.2) is 102 Å². The zero-order valence-electron chi connectivity index (χ0n) is 26.8. The molecule has 3 amide bonds. The first-order valence-electron chi connectivity index (χ1n) is 14.7. The van der Waals surface area contributed by atoms with Gasteiger partial charge in [0.25, 0.3) is 11.8 Å². The van der Waals surface area contributed by atoms with Gasteiger partial charge in [-0.05, 0) is 68.5 Å². The summed E-state index contributed by atoms with van der Waals surface area (Å²) in [7, 11) is 4.49. The molecule has 0 fully saturated rings. The molecule has 0 saturated heterocycles. The minimum absolute atomic E-state index is 0.0388. The summed E-state index contributed by atoms with van der Waals surface area (Å²) in [6.45, 7) is 4.15. The SMILES string of the molecule is CCOc1ccccc1NC(=O)C(C)Sc1cccc(NC(=O)/C(=C\c2cc(OC)c(OC)cc2OC)NC(=O)c2ccccc2)c1. The maximum absolute atomic E-state index is 13.7. The maximum Gasteiger partial charge on any atom is 0.272 e. The molecule has 0 saturated carbocycles. The van der Waals surface area contributed by atoms with Crippen LogP contribution >= 0.6 is 11.8 Å². The number of hydrogen-bond acceptors (Lipinski definition) is 8. The lowest BCUT2D eigenvalue weighted by molar-refractivity contribution is -0.115. The topological polar surface area (TPSA) is 124 Å². The van der Waals surface area contributed by atoms with E-state index in [-0.39, 0.29) is 11.6 Å². The quantitative estimate of drug-likeness (QED) is 0.102. The van der Waals surface area contributed by atoms with E-state index in [4.69, 9.17) is 18.9 Å². The lowest BCUT2D eigenvalue weighted by atomic mass is 10.1. The fourth-order valence-corrected chi connectivity index (χ4v) is 5.38. The lowest BCUT2D eigenvalue weighted by Crippen LogP contribution is -2.30. The maximum atomic E-state index is 13.7. The molecule has 4 aromatic rings. The molecule has 0 aliphatic carbocycles. The molecule has 1 atom stereocenters. The van der Waals surface area contributed by atoms with Crippen LogP contribution in [-0.2, 0) is 9.59 Å². The highest BCUT2D eigenvalue weighted by Crippen LogP contribution is 2.36. The van der Waals surface area contributed by atoms with Crippen molar-refractivity contribution in [1.29, 1.82) is 0 Å². The molecule has 0 bridgehead atoms. The van der Waals surface area contributed by atoms with Crippen molar-refractivity contribution in [3.8, 4) is 23.0 Å². The van der Waals surface area contributed by atoms with Crippen LogP contribution in [0.25, 0.3) is 6.08 Å². The number of nitrogens with one attached hydrogen (secondary N) is 3. The molecular weight excluding hydrogens is 618 g/mol. The highest BCUT2D eigenvalue weighted by molar-refractivity contribution is 8.00. The molecule has 11 heteroatoms. The number of carbonyl (C=O) groups excluding carboxylic acids is 3. The monoisotopic (exact) mass is 655 g/mol. The Balaban J connectivity index is 1.56. The Morgan fingerprint density at radius 1 is 0.766 bits per heavy atom. The summed E-state index contributed by atoms with van der Waals surface area (Å²) < 4.78 is 22.0. The number of anilines is 2. The predicted octanol–water partition coefficient (Wildman–Crippen LogP) is 6.64. The third kappa shape index (κ3) is 9.30. The first kappa shape index (κ1) is 34.5. The Kier molecular flexibility index (Phi) is 12.3. The van der Waals surface area contributed by atoms with E-state index < -0.39 is 17.1 Å². The van der Waals surface area contributed by atoms with E-state index in [1.54, 1.807) is 79.7 Å². The summed E-state index contributed by atoms with van der Waals surface area (Å²) in [5, 5.41) is 8.06. The third-order valence-corrected chi connectivity index (χ3v) is 7.88. The van der Waals surface area contributed by atoms with Crippen LogP contribution in [0.4, 0.5) is 11.4 Å². The Hall–Kier alpha value is -5.42. The number of para-hydroxylation sites is 2. The molecule has 3 N–H and O–H groups in total. The number of hydrogen-bond donors (Lipinski definition) is 3. The Bertz CT molecular complexity index is 1740. The van der Waals surface area contributed by atoms with Crippen molar-refractivity contribution in [1.82, 2.24) is 5.32 Å². The standard InChI is InChI=1S/C36H37N3O7S/c1-6-46-30-18-11-10-17-28(30)38-34(40)23(2)47-27-16-12-15-26(21-27)37-36(42)29(39-35(41)24-13-8-7-9-14-24)19-25-20-32(44-4)33(45-5)22-31(25)43-3/h7-23H,6H2,1-5H3,(H,37,42)(H,38,40)(H,39,41)/b29-19+. The highest BCUT2D eigenvalue weighted by Gasteiger charge is 2.20. The number of carbonyl (C=O) groups is 3. The van der Waals surface area contributed by atoms with E-state index in [1.165, 1.54) is 39.2 Å². The molecule has 1 unspecified atom stereocenters. The predicted molar refractivity (Wildman–Crippen MR) is 185 cm³/mol. The second kappa shape index (κ2) is 16.8. The van der Waals surface area contributed by atoms with Gasteiger partial charge in [0.15, 0.2) is 11.5 Å². The summed E-state index contributed by atoms with van der Waals surface area (Å²) in [4.78, 5) is 40.6. The molecule has 4 rings (SSSR count). The van der Waals surface area contributed by atoms with Gasteiger partial charge in [-0.15, -0.1) is 11.8 Å². The molecule has 244 valence electrons. The van der Waals surface area contributed by atoms with Gasteiger partial charge in [-0.3, -0.25) is 14.4 Å². The van der Waals surface area contributed by atoms with Gasteiger partial charge in [-0.1, -0.05) is 36.4 Å². The van der Waals surface area contributed by atoms with Crippen LogP contribution in [0, 0.1) is 0 Å². The number of amides is 3. The minimum Gasteiger partial charge on any atom is -0.496 e. The van der Waals surface area contributed by atoms with Gasteiger partial charge in [0.2, 0.25) is 5.91 Å². The number of rotatable bonds is 14. The molecule has 0 aliphatic heterocycles. The van der Waals surface area contributed by atoms with Gasteiger partial charge in [0, 0.05) is 27.8 Å². The Labute approximate surface area is 278 Å². The van der Waals surface area contributed by atoms with Crippen LogP contribution in [-0.4, -0.2) is 50.9 Å². The average molecular weight is 656 g/mol. The summed E-state index contributed by atoms with van der Waals surface area (Å²) in [6.07, 6.45) is 1.50. The Morgan fingerprint density at radius 2 is 1.45 bits per heavy atom. The molecule has 47 heavy (non-hydrogen) atoms. The van der Waals surface area contributed by atoms with Crippen LogP contribution in [0.3, 0.4) is 0 Å². The normalized spacial score (nSPS) is 11.6. The van der Waals surface area contributed by atoms with Gasteiger partial charge in [-0.2, -0.15) is 0 Å². The largest absolute Gasteiger partial charge is 0.496 e. The molecule has 10 nitrogen and oxygen atoms in total. The van der Waals surface area contributed by atoms with Crippen molar-refractivity contribution in [3.05, 3.63) is 108 Å². The fraction of sp³-hybridized carbons (Fsp3) is 0.194. The van der Waals surface area contributed by atoms with E-state index in [2.05, 4.69) is 16.0 Å². The highest BCUT2D eigenvalue weighted by atomic mass is 32.2. The number of methoxy groups -OCH3 is 3. The van der Waals surface area contributed by atoms with Gasteiger partial charge >= 0.3 is 0 Å².